The van der Waals surface area contributed by atoms with Crippen molar-refractivity contribution in [3.05, 3.63) is 0 Å². The van der Waals surface area contributed by atoms with E-state index in [9.17, 15) is 14.4 Å². The Morgan fingerprint density at radius 1 is 1.12 bits per heavy atom. The molecular weight excluding hydrogens is 338 g/mol. The lowest BCUT2D eigenvalue weighted by molar-refractivity contribution is -0.125. The van der Waals surface area contributed by atoms with Crippen LogP contribution in [0, 0.1) is 5.92 Å². The van der Waals surface area contributed by atoms with Crippen LogP contribution in [0.2, 0.25) is 0 Å². The number of nitrogens with zero attached hydrogens (tertiary/aromatic N) is 1. The van der Waals surface area contributed by atoms with Gasteiger partial charge in [-0.05, 0) is 65.2 Å². The van der Waals surface area contributed by atoms with E-state index in [2.05, 4.69) is 10.6 Å². The van der Waals surface area contributed by atoms with Crippen molar-refractivity contribution in [3.63, 3.8) is 0 Å². The van der Waals surface area contributed by atoms with Crippen molar-refractivity contribution in [1.82, 2.24) is 15.5 Å². The largest absolute Gasteiger partial charge is 0.465 e. The summed E-state index contributed by atoms with van der Waals surface area (Å²) in [7, 11) is 0. The molecule has 0 unspecified atom stereocenters. The van der Waals surface area contributed by atoms with Crippen LogP contribution in [0.4, 0.5) is 9.59 Å². The Balaban J connectivity index is 1.68. The molecule has 0 bridgehead atoms. The van der Waals surface area contributed by atoms with Gasteiger partial charge in [0, 0.05) is 19.1 Å². The van der Waals surface area contributed by atoms with Gasteiger partial charge in [0.15, 0.2) is 0 Å². The molecule has 1 atom stereocenters. The van der Waals surface area contributed by atoms with Crippen molar-refractivity contribution in [2.45, 2.75) is 77.0 Å². The van der Waals surface area contributed by atoms with Crippen LogP contribution in [-0.2, 0) is 9.53 Å². The van der Waals surface area contributed by atoms with Crippen molar-refractivity contribution in [3.8, 4) is 0 Å². The highest BCUT2D eigenvalue weighted by atomic mass is 16.6. The summed E-state index contributed by atoms with van der Waals surface area (Å²) in [6.45, 7) is 6.49. The summed E-state index contributed by atoms with van der Waals surface area (Å²) >= 11 is 0. The summed E-state index contributed by atoms with van der Waals surface area (Å²) in [5.41, 5.74) is -0.504. The van der Waals surface area contributed by atoms with E-state index in [1.54, 1.807) is 0 Å². The Bertz CT molecular complexity index is 523. The van der Waals surface area contributed by atoms with Gasteiger partial charge >= 0.3 is 12.2 Å². The summed E-state index contributed by atoms with van der Waals surface area (Å²) in [6, 6.07) is -0.452. The van der Waals surface area contributed by atoms with Gasteiger partial charge in [0.2, 0.25) is 5.91 Å². The van der Waals surface area contributed by atoms with E-state index in [0.717, 1.165) is 32.1 Å². The number of hydrogen-bond donors (Lipinski definition) is 3. The minimum absolute atomic E-state index is 0.106. The van der Waals surface area contributed by atoms with Gasteiger partial charge in [0.05, 0.1) is 0 Å². The molecule has 1 saturated heterocycles. The van der Waals surface area contributed by atoms with Crippen LogP contribution in [0.1, 0.15) is 59.3 Å². The number of amides is 3. The molecule has 3 amide bonds. The number of carboxylic acid groups (broad SMARTS) is 1. The molecule has 0 aromatic rings. The van der Waals surface area contributed by atoms with Crippen LogP contribution in [0.3, 0.4) is 0 Å². The number of carbonyl (C=O) groups is 3. The fraction of sp³-hybridized carbons (Fsp3) is 0.833. The maximum absolute atomic E-state index is 12.3. The van der Waals surface area contributed by atoms with Crippen molar-refractivity contribution in [2.75, 3.05) is 13.1 Å². The van der Waals surface area contributed by atoms with Crippen LogP contribution in [0.25, 0.3) is 0 Å². The average Bonchev–Trinajstić information content (AvgIpc) is 3.02. The molecule has 1 heterocycles. The van der Waals surface area contributed by atoms with Crippen molar-refractivity contribution < 1.29 is 24.2 Å². The first kappa shape index (κ1) is 20.3. The standard InChI is InChI=1S/C18H31N3O5/c1-18(2,3)26-16(23)20-13-8-6-12(7-9-13)11-19-15(22)14-5-4-10-21(14)17(24)25/h12-14H,4-11H2,1-3H3,(H,19,22)(H,20,23)(H,24,25)/t12?,13?,14-/m0/s1. The van der Waals surface area contributed by atoms with Gasteiger partial charge in [-0.2, -0.15) is 0 Å². The minimum Gasteiger partial charge on any atom is -0.465 e. The lowest BCUT2D eigenvalue weighted by Crippen LogP contribution is -2.47. The van der Waals surface area contributed by atoms with Crippen LogP contribution in [0.15, 0.2) is 0 Å². The molecule has 8 heteroatoms. The molecule has 3 N–H and O–H groups in total. The zero-order valence-corrected chi connectivity index (χ0v) is 15.9. The quantitative estimate of drug-likeness (QED) is 0.705. The topological polar surface area (TPSA) is 108 Å². The third-order valence-electron chi connectivity index (χ3n) is 4.93. The molecule has 2 rings (SSSR count). The van der Waals surface area contributed by atoms with Crippen LogP contribution >= 0.6 is 0 Å². The first-order chi connectivity index (χ1) is 12.2. The molecule has 148 valence electrons. The molecule has 0 radical (unpaired) electrons. The number of likely N-dealkylation sites (tertiary alicyclic amines) is 1. The molecule has 0 spiro atoms. The van der Waals surface area contributed by atoms with Gasteiger partial charge in [-0.15, -0.1) is 0 Å². The number of rotatable bonds is 4. The number of ether oxygens (including phenoxy) is 1. The molecule has 2 fully saturated rings. The minimum atomic E-state index is -1.03. The SMILES string of the molecule is CC(C)(C)OC(=O)NC1CCC(CNC(=O)[C@@H]2CCCN2C(=O)O)CC1. The first-order valence-corrected chi connectivity index (χ1v) is 9.42. The molecule has 0 aromatic heterocycles. The Morgan fingerprint density at radius 3 is 2.35 bits per heavy atom. The summed E-state index contributed by atoms with van der Waals surface area (Å²) in [5, 5.41) is 14.9. The highest BCUT2D eigenvalue weighted by molar-refractivity contribution is 5.85. The fourth-order valence-electron chi connectivity index (χ4n) is 3.62. The normalized spacial score (nSPS) is 26.3. The second-order valence-corrected chi connectivity index (χ2v) is 8.24. The van der Waals surface area contributed by atoms with Crippen molar-refractivity contribution in [1.29, 1.82) is 0 Å². The molecule has 1 aliphatic heterocycles. The molecule has 0 aromatic carbocycles. The Labute approximate surface area is 154 Å². The van der Waals surface area contributed by atoms with E-state index in [1.165, 1.54) is 4.90 Å². The average molecular weight is 369 g/mol. The first-order valence-electron chi connectivity index (χ1n) is 9.42. The Hall–Kier alpha value is -1.99. The monoisotopic (exact) mass is 369 g/mol. The summed E-state index contributed by atoms with van der Waals surface area (Å²) in [5.74, 6) is 0.161. The highest BCUT2D eigenvalue weighted by Gasteiger charge is 2.34. The zero-order valence-electron chi connectivity index (χ0n) is 15.9. The lowest BCUT2D eigenvalue weighted by atomic mass is 9.86. The van der Waals surface area contributed by atoms with E-state index >= 15 is 0 Å². The zero-order chi connectivity index (χ0) is 19.3. The van der Waals surface area contributed by atoms with Gasteiger partial charge in [-0.25, -0.2) is 9.59 Å². The van der Waals surface area contributed by atoms with Gasteiger partial charge in [0.1, 0.15) is 11.6 Å². The van der Waals surface area contributed by atoms with Crippen LogP contribution in [-0.4, -0.2) is 58.9 Å². The van der Waals surface area contributed by atoms with Crippen molar-refractivity contribution in [2.24, 2.45) is 5.92 Å². The van der Waals surface area contributed by atoms with E-state index in [0.29, 0.717) is 25.4 Å². The van der Waals surface area contributed by atoms with E-state index in [4.69, 9.17) is 9.84 Å². The maximum Gasteiger partial charge on any atom is 0.407 e. The maximum atomic E-state index is 12.3. The van der Waals surface area contributed by atoms with Crippen molar-refractivity contribution >= 4 is 18.1 Å². The second kappa shape index (κ2) is 8.60. The van der Waals surface area contributed by atoms with Crippen LogP contribution in [0.5, 0.6) is 0 Å². The lowest BCUT2D eigenvalue weighted by Gasteiger charge is -2.30. The third-order valence-corrected chi connectivity index (χ3v) is 4.93. The smallest absolute Gasteiger partial charge is 0.407 e. The molecule has 8 nitrogen and oxygen atoms in total. The van der Waals surface area contributed by atoms with E-state index < -0.39 is 17.7 Å². The number of hydrogen-bond acceptors (Lipinski definition) is 4. The fourth-order valence-corrected chi connectivity index (χ4v) is 3.62. The molecular formula is C18H31N3O5. The predicted octanol–water partition coefficient (Wildman–Crippen LogP) is 2.33. The molecule has 1 saturated carbocycles. The molecule has 2 aliphatic rings. The molecule has 26 heavy (non-hydrogen) atoms. The number of nitrogens with one attached hydrogen (secondary N) is 2. The van der Waals surface area contributed by atoms with E-state index in [1.807, 2.05) is 20.8 Å². The van der Waals surface area contributed by atoms with E-state index in [-0.39, 0.29) is 18.0 Å². The third kappa shape index (κ3) is 6.07. The Kier molecular flexibility index (Phi) is 6.72. The highest BCUT2D eigenvalue weighted by Crippen LogP contribution is 2.24. The van der Waals surface area contributed by atoms with Gasteiger partial charge in [0.25, 0.3) is 0 Å². The Morgan fingerprint density at radius 2 is 1.77 bits per heavy atom. The van der Waals surface area contributed by atoms with Crippen LogP contribution < -0.4 is 10.6 Å². The predicted molar refractivity (Wildman–Crippen MR) is 95.9 cm³/mol. The second-order valence-electron chi connectivity index (χ2n) is 8.24. The van der Waals surface area contributed by atoms with Gasteiger partial charge < -0.3 is 20.5 Å². The number of alkyl carbamates (subject to hydrolysis) is 1. The van der Waals surface area contributed by atoms with Gasteiger partial charge in [-0.3, -0.25) is 9.69 Å². The van der Waals surface area contributed by atoms with Gasteiger partial charge in [-0.1, -0.05) is 0 Å². The number of carbonyl (C=O) groups excluding carboxylic acids is 2. The summed E-state index contributed by atoms with van der Waals surface area (Å²) in [6.07, 6.45) is 3.42. The molecule has 1 aliphatic carbocycles. The summed E-state index contributed by atoms with van der Waals surface area (Å²) in [4.78, 5) is 36.4. The summed E-state index contributed by atoms with van der Waals surface area (Å²) < 4.78 is 5.27.